The zero-order chi connectivity index (χ0) is 13.0. The van der Waals surface area contributed by atoms with E-state index in [-0.39, 0.29) is 12.4 Å². The van der Waals surface area contributed by atoms with Crippen LogP contribution in [0.3, 0.4) is 0 Å². The molecule has 1 unspecified atom stereocenters. The van der Waals surface area contributed by atoms with Gasteiger partial charge in [-0.1, -0.05) is 24.9 Å². The van der Waals surface area contributed by atoms with Crippen molar-refractivity contribution in [3.63, 3.8) is 0 Å². The molecule has 1 heterocycles. The molecule has 0 aliphatic heterocycles. The second-order valence-corrected chi connectivity index (χ2v) is 5.25. The minimum Gasteiger partial charge on any atom is -0.382 e. The highest BCUT2D eigenvalue weighted by atomic mass is 16.5. The molecular formula is C13H23N3O2. The fourth-order valence-electron chi connectivity index (χ4n) is 2.77. The quantitative estimate of drug-likeness (QED) is 0.839. The standard InChI is InChI=1S/C13H23N3O2/c1-2-3-9-4-6-10(7-5-9)12-15-13(18-16-12)11(17)8-14/h9-11,17H,2-8,14H2,1H3. The molecule has 1 aromatic rings. The van der Waals surface area contributed by atoms with E-state index in [0.717, 1.165) is 24.6 Å². The van der Waals surface area contributed by atoms with Crippen molar-refractivity contribution in [2.45, 2.75) is 57.5 Å². The smallest absolute Gasteiger partial charge is 0.256 e. The van der Waals surface area contributed by atoms with E-state index in [2.05, 4.69) is 17.1 Å². The molecule has 5 nitrogen and oxygen atoms in total. The fraction of sp³-hybridized carbons (Fsp3) is 0.846. The van der Waals surface area contributed by atoms with Gasteiger partial charge in [0.05, 0.1) is 0 Å². The van der Waals surface area contributed by atoms with Crippen LogP contribution in [0.25, 0.3) is 0 Å². The summed E-state index contributed by atoms with van der Waals surface area (Å²) in [5.41, 5.74) is 5.37. The first-order chi connectivity index (χ1) is 8.74. The monoisotopic (exact) mass is 253 g/mol. The van der Waals surface area contributed by atoms with Crippen molar-refractivity contribution in [2.75, 3.05) is 6.54 Å². The van der Waals surface area contributed by atoms with Gasteiger partial charge in [-0.05, 0) is 31.6 Å². The molecule has 1 atom stereocenters. The first-order valence-electron chi connectivity index (χ1n) is 6.96. The van der Waals surface area contributed by atoms with Crippen LogP contribution in [0.15, 0.2) is 4.52 Å². The number of rotatable bonds is 5. The van der Waals surface area contributed by atoms with Crippen LogP contribution in [0.4, 0.5) is 0 Å². The lowest BCUT2D eigenvalue weighted by molar-refractivity contribution is 0.141. The SMILES string of the molecule is CCCC1CCC(c2noc(C(O)CN)n2)CC1. The molecule has 1 saturated carbocycles. The number of aliphatic hydroxyl groups excluding tert-OH is 1. The maximum Gasteiger partial charge on any atom is 0.256 e. The molecule has 102 valence electrons. The predicted octanol–water partition coefficient (Wildman–Crippen LogP) is 2.14. The molecule has 1 aliphatic carbocycles. The number of nitrogens with two attached hydrogens (primary N) is 1. The number of nitrogens with zero attached hydrogens (tertiary/aromatic N) is 2. The first-order valence-corrected chi connectivity index (χ1v) is 6.96. The molecule has 0 bridgehead atoms. The van der Waals surface area contributed by atoms with Crippen LogP contribution in [0, 0.1) is 5.92 Å². The van der Waals surface area contributed by atoms with Gasteiger partial charge in [0.15, 0.2) is 5.82 Å². The summed E-state index contributed by atoms with van der Waals surface area (Å²) < 4.78 is 5.05. The molecule has 0 saturated heterocycles. The molecule has 3 N–H and O–H groups in total. The predicted molar refractivity (Wildman–Crippen MR) is 67.9 cm³/mol. The zero-order valence-electron chi connectivity index (χ0n) is 11.0. The normalized spacial score (nSPS) is 26.2. The van der Waals surface area contributed by atoms with Gasteiger partial charge in [0.2, 0.25) is 0 Å². The Balaban J connectivity index is 1.91. The van der Waals surface area contributed by atoms with Crippen molar-refractivity contribution in [3.8, 4) is 0 Å². The summed E-state index contributed by atoms with van der Waals surface area (Å²) in [6.07, 6.45) is 6.53. The Hall–Kier alpha value is -0.940. The maximum absolute atomic E-state index is 9.53. The molecule has 5 heteroatoms. The summed E-state index contributed by atoms with van der Waals surface area (Å²) in [5.74, 6) is 2.25. The fourth-order valence-corrected chi connectivity index (χ4v) is 2.77. The van der Waals surface area contributed by atoms with Crippen LogP contribution in [-0.4, -0.2) is 21.8 Å². The highest BCUT2D eigenvalue weighted by molar-refractivity contribution is 4.99. The Kier molecular flexibility index (Phi) is 4.72. The third kappa shape index (κ3) is 3.09. The van der Waals surface area contributed by atoms with E-state index in [1.54, 1.807) is 0 Å². The minimum absolute atomic E-state index is 0.116. The summed E-state index contributed by atoms with van der Waals surface area (Å²) >= 11 is 0. The second-order valence-electron chi connectivity index (χ2n) is 5.25. The van der Waals surface area contributed by atoms with Gasteiger partial charge < -0.3 is 15.4 Å². The van der Waals surface area contributed by atoms with E-state index in [4.69, 9.17) is 10.3 Å². The van der Waals surface area contributed by atoms with E-state index >= 15 is 0 Å². The molecule has 1 aromatic heterocycles. The molecule has 0 radical (unpaired) electrons. The van der Waals surface area contributed by atoms with Crippen molar-refractivity contribution in [2.24, 2.45) is 11.7 Å². The lowest BCUT2D eigenvalue weighted by atomic mass is 9.80. The van der Waals surface area contributed by atoms with E-state index in [9.17, 15) is 5.11 Å². The van der Waals surface area contributed by atoms with Crippen LogP contribution in [0.2, 0.25) is 0 Å². The van der Waals surface area contributed by atoms with Gasteiger partial charge >= 0.3 is 0 Å². The van der Waals surface area contributed by atoms with Crippen LogP contribution >= 0.6 is 0 Å². The molecule has 0 amide bonds. The Labute approximate surface area is 108 Å². The summed E-state index contributed by atoms with van der Waals surface area (Å²) in [5, 5.41) is 13.5. The molecule has 0 spiro atoms. The minimum atomic E-state index is -0.831. The lowest BCUT2D eigenvalue weighted by Gasteiger charge is -2.26. The van der Waals surface area contributed by atoms with Crippen molar-refractivity contribution >= 4 is 0 Å². The molecule has 0 aromatic carbocycles. The van der Waals surface area contributed by atoms with E-state index < -0.39 is 6.10 Å². The summed E-state index contributed by atoms with van der Waals surface area (Å²) in [4.78, 5) is 4.27. The Morgan fingerprint density at radius 2 is 2.11 bits per heavy atom. The second kappa shape index (κ2) is 6.29. The van der Waals surface area contributed by atoms with Gasteiger partial charge in [-0.25, -0.2) is 0 Å². The Morgan fingerprint density at radius 1 is 1.39 bits per heavy atom. The van der Waals surface area contributed by atoms with E-state index in [1.165, 1.54) is 25.7 Å². The first kappa shape index (κ1) is 13.5. The largest absolute Gasteiger partial charge is 0.382 e. The summed E-state index contributed by atoms with van der Waals surface area (Å²) in [6, 6.07) is 0. The third-order valence-corrected chi connectivity index (χ3v) is 3.87. The number of hydrogen-bond acceptors (Lipinski definition) is 5. The van der Waals surface area contributed by atoms with Crippen molar-refractivity contribution in [3.05, 3.63) is 11.7 Å². The van der Waals surface area contributed by atoms with E-state index in [1.807, 2.05) is 0 Å². The highest BCUT2D eigenvalue weighted by Gasteiger charge is 2.26. The van der Waals surface area contributed by atoms with Crippen molar-refractivity contribution in [1.82, 2.24) is 10.1 Å². The van der Waals surface area contributed by atoms with Gasteiger partial charge in [-0.3, -0.25) is 0 Å². The van der Waals surface area contributed by atoms with Crippen LogP contribution in [-0.2, 0) is 0 Å². The number of aromatic nitrogens is 2. The molecule has 2 rings (SSSR count). The van der Waals surface area contributed by atoms with Gasteiger partial charge in [-0.15, -0.1) is 0 Å². The third-order valence-electron chi connectivity index (χ3n) is 3.87. The molecule has 1 fully saturated rings. The number of aliphatic hydroxyl groups is 1. The molecule has 1 aliphatic rings. The van der Waals surface area contributed by atoms with Crippen LogP contribution < -0.4 is 5.73 Å². The number of hydrogen-bond donors (Lipinski definition) is 2. The highest BCUT2D eigenvalue weighted by Crippen LogP contribution is 2.36. The Morgan fingerprint density at radius 3 is 2.72 bits per heavy atom. The van der Waals surface area contributed by atoms with Crippen LogP contribution in [0.1, 0.15) is 69.2 Å². The topological polar surface area (TPSA) is 85.2 Å². The van der Waals surface area contributed by atoms with Gasteiger partial charge in [-0.2, -0.15) is 4.98 Å². The average molecular weight is 253 g/mol. The van der Waals surface area contributed by atoms with Gasteiger partial charge in [0, 0.05) is 12.5 Å². The molecular weight excluding hydrogens is 230 g/mol. The summed E-state index contributed by atoms with van der Waals surface area (Å²) in [7, 11) is 0. The van der Waals surface area contributed by atoms with Crippen molar-refractivity contribution < 1.29 is 9.63 Å². The molecule has 18 heavy (non-hydrogen) atoms. The van der Waals surface area contributed by atoms with Gasteiger partial charge in [0.1, 0.15) is 6.10 Å². The maximum atomic E-state index is 9.53. The zero-order valence-corrected chi connectivity index (χ0v) is 11.0. The lowest BCUT2D eigenvalue weighted by Crippen LogP contribution is -2.15. The van der Waals surface area contributed by atoms with E-state index in [0.29, 0.717) is 5.92 Å². The Bertz CT molecular complexity index is 359. The van der Waals surface area contributed by atoms with Crippen LogP contribution in [0.5, 0.6) is 0 Å². The van der Waals surface area contributed by atoms with Gasteiger partial charge in [0.25, 0.3) is 5.89 Å². The average Bonchev–Trinajstić information content (AvgIpc) is 2.89. The summed E-state index contributed by atoms with van der Waals surface area (Å²) in [6.45, 7) is 2.36. The van der Waals surface area contributed by atoms with Crippen molar-refractivity contribution in [1.29, 1.82) is 0 Å².